The van der Waals surface area contributed by atoms with Crippen molar-refractivity contribution in [1.82, 2.24) is 0 Å². The highest BCUT2D eigenvalue weighted by Gasteiger charge is 2.14. The maximum absolute atomic E-state index is 6.08. The van der Waals surface area contributed by atoms with Gasteiger partial charge < -0.3 is 0 Å². The Kier molecular flexibility index (Phi) is 8.37. The first-order valence-electron chi connectivity index (χ1n) is 5.87. The van der Waals surface area contributed by atoms with Crippen molar-refractivity contribution in [1.29, 1.82) is 0 Å². The summed E-state index contributed by atoms with van der Waals surface area (Å²) >= 11 is 6.08. The average Bonchev–Trinajstić information content (AvgIpc) is 2.16. The number of hydrogen-bond donors (Lipinski definition) is 0. The Morgan fingerprint density at radius 3 is 2.36 bits per heavy atom. The highest BCUT2D eigenvalue weighted by molar-refractivity contribution is 6.20. The van der Waals surface area contributed by atoms with Crippen LogP contribution >= 0.6 is 11.6 Å². The number of alkyl halides is 1. The van der Waals surface area contributed by atoms with Crippen LogP contribution in [0.1, 0.15) is 53.4 Å². The standard InChI is InChI=1S/C13H25Cl/c1-5-7-8-9-13(6-2)10-11(3)12(4)14/h5,7,11-13H,6,8-10H2,1-4H3. The summed E-state index contributed by atoms with van der Waals surface area (Å²) in [6.07, 6.45) is 9.50. The van der Waals surface area contributed by atoms with Crippen LogP contribution in [0.15, 0.2) is 12.2 Å². The largest absolute Gasteiger partial charge is 0.123 e. The molecule has 0 saturated heterocycles. The predicted molar refractivity (Wildman–Crippen MR) is 66.9 cm³/mol. The molecule has 0 spiro atoms. The van der Waals surface area contributed by atoms with Crippen molar-refractivity contribution in [2.75, 3.05) is 0 Å². The second kappa shape index (κ2) is 8.35. The molecule has 0 fully saturated rings. The van der Waals surface area contributed by atoms with Crippen LogP contribution in [0.2, 0.25) is 0 Å². The molecule has 0 radical (unpaired) electrons. The summed E-state index contributed by atoms with van der Waals surface area (Å²) in [6.45, 7) is 8.73. The van der Waals surface area contributed by atoms with Crippen molar-refractivity contribution in [2.24, 2.45) is 11.8 Å². The van der Waals surface area contributed by atoms with E-state index in [-0.39, 0.29) is 0 Å². The summed E-state index contributed by atoms with van der Waals surface area (Å²) in [7, 11) is 0. The van der Waals surface area contributed by atoms with E-state index in [1.807, 2.05) is 0 Å². The predicted octanol–water partition coefficient (Wildman–Crippen LogP) is 5.02. The molecule has 84 valence electrons. The summed E-state index contributed by atoms with van der Waals surface area (Å²) in [6, 6.07) is 0. The molecule has 3 unspecified atom stereocenters. The first kappa shape index (κ1) is 14.0. The second-order valence-electron chi connectivity index (χ2n) is 4.31. The molecule has 1 heteroatoms. The number of allylic oxidation sites excluding steroid dienone is 2. The van der Waals surface area contributed by atoms with Gasteiger partial charge >= 0.3 is 0 Å². The molecule has 0 aromatic rings. The van der Waals surface area contributed by atoms with Crippen LogP contribution in [0.4, 0.5) is 0 Å². The molecular formula is C13H25Cl. The Morgan fingerprint density at radius 2 is 1.93 bits per heavy atom. The zero-order chi connectivity index (χ0) is 11.0. The normalized spacial score (nSPS) is 18.4. The molecule has 0 aromatic heterocycles. The minimum atomic E-state index is 0.311. The summed E-state index contributed by atoms with van der Waals surface area (Å²) in [5.41, 5.74) is 0. The molecule has 0 heterocycles. The number of hydrogen-bond acceptors (Lipinski definition) is 0. The van der Waals surface area contributed by atoms with Crippen molar-refractivity contribution >= 4 is 11.6 Å². The van der Waals surface area contributed by atoms with Gasteiger partial charge in [0.15, 0.2) is 0 Å². The Morgan fingerprint density at radius 1 is 1.29 bits per heavy atom. The van der Waals surface area contributed by atoms with Gasteiger partial charge in [0.05, 0.1) is 0 Å². The Hall–Kier alpha value is 0.0300. The highest BCUT2D eigenvalue weighted by atomic mass is 35.5. The first-order chi connectivity index (χ1) is 6.61. The zero-order valence-corrected chi connectivity index (χ0v) is 10.8. The van der Waals surface area contributed by atoms with Gasteiger partial charge in [-0.1, -0.05) is 32.4 Å². The van der Waals surface area contributed by atoms with E-state index in [1.165, 1.54) is 25.7 Å². The van der Waals surface area contributed by atoms with Crippen molar-refractivity contribution in [2.45, 2.75) is 58.8 Å². The van der Waals surface area contributed by atoms with Gasteiger partial charge in [-0.3, -0.25) is 0 Å². The zero-order valence-electron chi connectivity index (χ0n) is 10.1. The van der Waals surface area contributed by atoms with Crippen molar-refractivity contribution in [3.63, 3.8) is 0 Å². The third kappa shape index (κ3) is 6.48. The summed E-state index contributed by atoms with van der Waals surface area (Å²) in [5.74, 6) is 1.50. The lowest BCUT2D eigenvalue weighted by atomic mass is 9.88. The van der Waals surface area contributed by atoms with E-state index < -0.39 is 0 Å². The topological polar surface area (TPSA) is 0 Å². The van der Waals surface area contributed by atoms with Crippen LogP contribution in [-0.4, -0.2) is 5.38 Å². The fraction of sp³-hybridized carbons (Fsp3) is 0.846. The molecule has 0 saturated carbocycles. The molecule has 0 N–H and O–H groups in total. The van der Waals surface area contributed by atoms with Gasteiger partial charge in [-0.05, 0) is 44.9 Å². The molecule has 3 atom stereocenters. The van der Waals surface area contributed by atoms with E-state index in [0.717, 1.165) is 5.92 Å². The molecule has 0 aliphatic carbocycles. The number of rotatable bonds is 7. The summed E-state index contributed by atoms with van der Waals surface area (Å²) in [4.78, 5) is 0. The van der Waals surface area contributed by atoms with Crippen LogP contribution in [0.5, 0.6) is 0 Å². The highest BCUT2D eigenvalue weighted by Crippen LogP contribution is 2.24. The van der Waals surface area contributed by atoms with Gasteiger partial charge in [-0.15, -0.1) is 11.6 Å². The first-order valence-corrected chi connectivity index (χ1v) is 6.30. The van der Waals surface area contributed by atoms with Crippen LogP contribution in [0.25, 0.3) is 0 Å². The third-order valence-electron chi connectivity index (χ3n) is 3.04. The minimum Gasteiger partial charge on any atom is -0.123 e. The fourth-order valence-electron chi connectivity index (χ4n) is 1.70. The van der Waals surface area contributed by atoms with Gasteiger partial charge in [0.25, 0.3) is 0 Å². The lowest BCUT2D eigenvalue weighted by Gasteiger charge is -2.20. The maximum Gasteiger partial charge on any atom is 0.0333 e. The molecule has 0 aromatic carbocycles. The molecule has 0 amide bonds. The van der Waals surface area contributed by atoms with E-state index in [1.54, 1.807) is 0 Å². The minimum absolute atomic E-state index is 0.311. The van der Waals surface area contributed by atoms with Gasteiger partial charge in [0.1, 0.15) is 0 Å². The van der Waals surface area contributed by atoms with Crippen molar-refractivity contribution in [3.8, 4) is 0 Å². The van der Waals surface area contributed by atoms with Gasteiger partial charge in [0.2, 0.25) is 0 Å². The molecular weight excluding hydrogens is 192 g/mol. The second-order valence-corrected chi connectivity index (χ2v) is 5.00. The summed E-state index contributed by atoms with van der Waals surface area (Å²) in [5, 5.41) is 0.311. The van der Waals surface area contributed by atoms with E-state index in [4.69, 9.17) is 11.6 Å². The van der Waals surface area contributed by atoms with Crippen LogP contribution < -0.4 is 0 Å². The van der Waals surface area contributed by atoms with E-state index in [2.05, 4.69) is 39.8 Å². The van der Waals surface area contributed by atoms with E-state index in [0.29, 0.717) is 11.3 Å². The van der Waals surface area contributed by atoms with Gasteiger partial charge in [-0.25, -0.2) is 0 Å². The lowest BCUT2D eigenvalue weighted by Crippen LogP contribution is -2.12. The quantitative estimate of drug-likeness (QED) is 0.414. The number of halogens is 1. The van der Waals surface area contributed by atoms with E-state index in [9.17, 15) is 0 Å². The van der Waals surface area contributed by atoms with E-state index >= 15 is 0 Å². The Labute approximate surface area is 94.7 Å². The Balaban J connectivity index is 3.78. The lowest BCUT2D eigenvalue weighted by molar-refractivity contribution is 0.359. The molecule has 0 aliphatic heterocycles. The van der Waals surface area contributed by atoms with Gasteiger partial charge in [0, 0.05) is 5.38 Å². The Bertz CT molecular complexity index is 149. The van der Waals surface area contributed by atoms with Crippen LogP contribution in [-0.2, 0) is 0 Å². The molecule has 0 rings (SSSR count). The SMILES string of the molecule is CC=CCCC(CC)CC(C)C(C)Cl. The maximum atomic E-state index is 6.08. The van der Waals surface area contributed by atoms with Crippen molar-refractivity contribution in [3.05, 3.63) is 12.2 Å². The third-order valence-corrected chi connectivity index (χ3v) is 3.47. The van der Waals surface area contributed by atoms with Gasteiger partial charge in [-0.2, -0.15) is 0 Å². The van der Waals surface area contributed by atoms with Crippen LogP contribution in [0.3, 0.4) is 0 Å². The van der Waals surface area contributed by atoms with Crippen LogP contribution in [0, 0.1) is 11.8 Å². The summed E-state index contributed by atoms with van der Waals surface area (Å²) < 4.78 is 0. The van der Waals surface area contributed by atoms with Crippen molar-refractivity contribution < 1.29 is 0 Å². The molecule has 14 heavy (non-hydrogen) atoms. The molecule has 0 nitrogen and oxygen atoms in total. The fourth-order valence-corrected chi connectivity index (χ4v) is 1.80. The molecule has 0 aliphatic rings. The average molecular weight is 217 g/mol. The smallest absolute Gasteiger partial charge is 0.0333 e. The molecule has 0 bridgehead atoms. The monoisotopic (exact) mass is 216 g/mol.